The van der Waals surface area contributed by atoms with Gasteiger partial charge in [0, 0.05) is 7.05 Å². The van der Waals surface area contributed by atoms with E-state index in [2.05, 4.69) is 0 Å². The molecule has 0 spiro atoms. The van der Waals surface area contributed by atoms with Gasteiger partial charge in [0.15, 0.2) is 0 Å². The van der Waals surface area contributed by atoms with Gasteiger partial charge in [-0.2, -0.15) is 0 Å². The second kappa shape index (κ2) is 3.58. The van der Waals surface area contributed by atoms with Crippen LogP contribution in [0.4, 0.5) is 0 Å². The summed E-state index contributed by atoms with van der Waals surface area (Å²) >= 11 is 1.16. The van der Waals surface area contributed by atoms with E-state index in [9.17, 15) is 4.79 Å². The van der Waals surface area contributed by atoms with E-state index in [0.717, 1.165) is 21.6 Å². The molecule has 0 N–H and O–H groups in total. The lowest BCUT2D eigenvalue weighted by molar-refractivity contribution is 0.409. The van der Waals surface area contributed by atoms with E-state index < -0.39 is 0 Å². The molecule has 0 aliphatic carbocycles. The summed E-state index contributed by atoms with van der Waals surface area (Å²) in [7, 11) is 4.90. The van der Waals surface area contributed by atoms with Gasteiger partial charge in [0.25, 0.3) is 0 Å². The molecule has 0 fully saturated rings. The molecule has 15 heavy (non-hydrogen) atoms. The maximum absolute atomic E-state index is 11.5. The van der Waals surface area contributed by atoms with E-state index in [0.29, 0.717) is 11.5 Å². The highest BCUT2D eigenvalue weighted by Crippen LogP contribution is 2.34. The average Bonchev–Trinajstić information content (AvgIpc) is 2.55. The second-order valence-corrected chi connectivity index (χ2v) is 4.04. The first kappa shape index (κ1) is 10.0. The minimum atomic E-state index is -0.0206. The van der Waals surface area contributed by atoms with Crippen molar-refractivity contribution in [2.24, 2.45) is 7.05 Å². The Bertz CT molecular complexity index is 556. The van der Waals surface area contributed by atoms with Gasteiger partial charge in [-0.15, -0.1) is 0 Å². The van der Waals surface area contributed by atoms with Crippen LogP contribution in [0.3, 0.4) is 0 Å². The Kier molecular flexibility index (Phi) is 2.40. The number of thiazole rings is 1. The number of hydrogen-bond donors (Lipinski definition) is 0. The van der Waals surface area contributed by atoms with Gasteiger partial charge in [-0.05, 0) is 12.1 Å². The van der Waals surface area contributed by atoms with Crippen molar-refractivity contribution in [3.63, 3.8) is 0 Å². The number of hydrogen-bond acceptors (Lipinski definition) is 4. The van der Waals surface area contributed by atoms with E-state index >= 15 is 0 Å². The molecule has 0 saturated heterocycles. The van der Waals surface area contributed by atoms with E-state index in [1.54, 1.807) is 38.0 Å². The van der Waals surface area contributed by atoms with Crippen molar-refractivity contribution in [3.8, 4) is 11.5 Å². The summed E-state index contributed by atoms with van der Waals surface area (Å²) in [5, 5.41) is 0. The van der Waals surface area contributed by atoms with Crippen molar-refractivity contribution in [2.45, 2.75) is 0 Å². The molecule has 5 heteroatoms. The molecule has 0 amide bonds. The van der Waals surface area contributed by atoms with Gasteiger partial charge in [-0.25, -0.2) is 0 Å². The molecule has 0 saturated carbocycles. The summed E-state index contributed by atoms with van der Waals surface area (Å²) in [6, 6.07) is 3.60. The van der Waals surface area contributed by atoms with Gasteiger partial charge in [0.05, 0.1) is 14.2 Å². The number of fused-ring (bicyclic) bond motifs is 1. The molecule has 0 aliphatic heterocycles. The lowest BCUT2D eigenvalue weighted by Gasteiger charge is -2.06. The van der Waals surface area contributed by atoms with Crippen molar-refractivity contribution in [2.75, 3.05) is 14.2 Å². The third kappa shape index (κ3) is 1.39. The Morgan fingerprint density at radius 2 is 1.80 bits per heavy atom. The number of ether oxygens (including phenoxy) is 2. The number of aryl methyl sites for hydroxylation is 1. The SMILES string of the molecule is COc1ccc(OC)c2c1sc(=O)n2C. The van der Waals surface area contributed by atoms with E-state index in [1.807, 2.05) is 0 Å². The van der Waals surface area contributed by atoms with Crippen molar-refractivity contribution >= 4 is 21.6 Å². The summed E-state index contributed by atoms with van der Waals surface area (Å²) in [6.45, 7) is 0. The first-order valence-electron chi connectivity index (χ1n) is 4.39. The lowest BCUT2D eigenvalue weighted by Crippen LogP contribution is -2.07. The Morgan fingerprint density at radius 1 is 1.20 bits per heavy atom. The summed E-state index contributed by atoms with van der Waals surface area (Å²) in [6.07, 6.45) is 0. The molecule has 0 atom stereocenters. The predicted octanol–water partition coefficient (Wildman–Crippen LogP) is 1.62. The maximum atomic E-state index is 11.5. The summed E-state index contributed by atoms with van der Waals surface area (Å²) in [4.78, 5) is 11.5. The zero-order chi connectivity index (χ0) is 11.0. The lowest BCUT2D eigenvalue weighted by atomic mass is 10.3. The molecule has 80 valence electrons. The molecule has 4 nitrogen and oxygen atoms in total. The normalized spacial score (nSPS) is 10.6. The number of rotatable bonds is 2. The predicted molar refractivity (Wildman–Crippen MR) is 60.2 cm³/mol. The third-order valence-corrected chi connectivity index (χ3v) is 3.34. The minimum absolute atomic E-state index is 0.0206. The summed E-state index contributed by atoms with van der Waals surface area (Å²) in [5.74, 6) is 1.39. The minimum Gasteiger partial charge on any atom is -0.495 e. The molecular formula is C10H11NO3S. The van der Waals surface area contributed by atoms with Crippen LogP contribution in [0.5, 0.6) is 11.5 Å². The van der Waals surface area contributed by atoms with Crippen LogP contribution in [-0.4, -0.2) is 18.8 Å². The van der Waals surface area contributed by atoms with Gasteiger partial charge in [-0.3, -0.25) is 9.36 Å². The van der Waals surface area contributed by atoms with Crippen LogP contribution < -0.4 is 14.3 Å². The smallest absolute Gasteiger partial charge is 0.308 e. The fourth-order valence-electron chi connectivity index (χ4n) is 1.52. The number of nitrogens with zero attached hydrogens (tertiary/aromatic N) is 1. The van der Waals surface area contributed by atoms with Crippen molar-refractivity contribution in [1.29, 1.82) is 0 Å². The number of aromatic nitrogens is 1. The van der Waals surface area contributed by atoms with Crippen LogP contribution in [0.1, 0.15) is 0 Å². The highest BCUT2D eigenvalue weighted by molar-refractivity contribution is 7.16. The van der Waals surface area contributed by atoms with Crippen molar-refractivity contribution < 1.29 is 9.47 Å². The van der Waals surface area contributed by atoms with Crippen LogP contribution in [-0.2, 0) is 7.05 Å². The van der Waals surface area contributed by atoms with Crippen LogP contribution in [0.2, 0.25) is 0 Å². The molecule has 2 rings (SSSR count). The van der Waals surface area contributed by atoms with Gasteiger partial charge >= 0.3 is 4.87 Å². The molecule has 1 heterocycles. The molecule has 2 aromatic rings. The van der Waals surface area contributed by atoms with Crippen LogP contribution in [0.15, 0.2) is 16.9 Å². The molecule has 0 radical (unpaired) electrons. The zero-order valence-corrected chi connectivity index (χ0v) is 9.55. The quantitative estimate of drug-likeness (QED) is 0.779. The highest BCUT2D eigenvalue weighted by Gasteiger charge is 2.13. The Hall–Kier alpha value is -1.49. The van der Waals surface area contributed by atoms with Gasteiger partial charge in [-0.1, -0.05) is 11.3 Å². The monoisotopic (exact) mass is 225 g/mol. The third-order valence-electron chi connectivity index (χ3n) is 2.30. The van der Waals surface area contributed by atoms with E-state index in [4.69, 9.17) is 9.47 Å². The first-order chi connectivity index (χ1) is 7.19. The highest BCUT2D eigenvalue weighted by atomic mass is 32.1. The average molecular weight is 225 g/mol. The summed E-state index contributed by atoms with van der Waals surface area (Å²) < 4.78 is 12.8. The zero-order valence-electron chi connectivity index (χ0n) is 8.73. The second-order valence-electron chi connectivity index (χ2n) is 3.07. The number of methoxy groups -OCH3 is 2. The Balaban J connectivity index is 2.93. The molecule has 0 unspecified atom stereocenters. The Labute approximate surface area is 90.7 Å². The van der Waals surface area contributed by atoms with E-state index in [-0.39, 0.29) is 4.87 Å². The largest absolute Gasteiger partial charge is 0.495 e. The van der Waals surface area contributed by atoms with Crippen LogP contribution in [0, 0.1) is 0 Å². The fraction of sp³-hybridized carbons (Fsp3) is 0.300. The standard InChI is InChI=1S/C10H11NO3S/c1-11-8-6(13-2)4-5-7(14-3)9(8)15-10(11)12/h4-5H,1-3H3. The van der Waals surface area contributed by atoms with Gasteiger partial charge in [0.1, 0.15) is 21.7 Å². The topological polar surface area (TPSA) is 40.5 Å². The molecular weight excluding hydrogens is 214 g/mol. The maximum Gasteiger partial charge on any atom is 0.308 e. The van der Waals surface area contributed by atoms with Crippen LogP contribution >= 0.6 is 11.3 Å². The van der Waals surface area contributed by atoms with Crippen molar-refractivity contribution in [1.82, 2.24) is 4.57 Å². The molecule has 0 aliphatic rings. The van der Waals surface area contributed by atoms with Crippen molar-refractivity contribution in [3.05, 3.63) is 21.8 Å². The first-order valence-corrected chi connectivity index (χ1v) is 5.21. The fourth-order valence-corrected chi connectivity index (χ4v) is 2.51. The molecule has 0 bridgehead atoms. The van der Waals surface area contributed by atoms with Gasteiger partial charge in [0.2, 0.25) is 0 Å². The Morgan fingerprint density at radius 3 is 2.40 bits per heavy atom. The molecule has 1 aromatic heterocycles. The molecule has 1 aromatic carbocycles. The van der Waals surface area contributed by atoms with E-state index in [1.165, 1.54) is 0 Å². The van der Waals surface area contributed by atoms with Crippen LogP contribution in [0.25, 0.3) is 10.2 Å². The summed E-state index contributed by atoms with van der Waals surface area (Å²) in [5.41, 5.74) is 0.784. The van der Waals surface area contributed by atoms with Gasteiger partial charge < -0.3 is 9.47 Å². The number of benzene rings is 1.